The number of aryl methyl sites for hydroxylation is 1. The highest BCUT2D eigenvalue weighted by atomic mass is 35.5. The lowest BCUT2D eigenvalue weighted by atomic mass is 10.1. The molecule has 138 valence electrons. The Morgan fingerprint density at radius 1 is 1.19 bits per heavy atom. The van der Waals surface area contributed by atoms with E-state index >= 15 is 0 Å². The number of para-hydroxylation sites is 1. The van der Waals surface area contributed by atoms with Crippen molar-refractivity contribution in [1.82, 2.24) is 9.78 Å². The maximum absolute atomic E-state index is 12.8. The van der Waals surface area contributed by atoms with E-state index in [0.29, 0.717) is 34.3 Å². The van der Waals surface area contributed by atoms with Crippen molar-refractivity contribution < 1.29 is 14.3 Å². The number of methoxy groups -OCH3 is 2. The van der Waals surface area contributed by atoms with E-state index in [0.717, 1.165) is 22.4 Å². The van der Waals surface area contributed by atoms with E-state index in [1.54, 1.807) is 31.0 Å². The molecule has 0 bridgehead atoms. The molecule has 1 amide bonds. The summed E-state index contributed by atoms with van der Waals surface area (Å²) in [6.45, 7) is 0. The Labute approximate surface area is 161 Å². The Morgan fingerprint density at radius 3 is 2.59 bits per heavy atom. The molecular formula is C20H18ClN3O3. The molecule has 6 nitrogen and oxygen atoms in total. The van der Waals surface area contributed by atoms with Gasteiger partial charge in [0.05, 0.1) is 30.6 Å². The lowest BCUT2D eigenvalue weighted by molar-refractivity contribution is 0.102. The lowest BCUT2D eigenvalue weighted by Crippen LogP contribution is -2.15. The normalized spacial score (nSPS) is 11.7. The van der Waals surface area contributed by atoms with Crippen LogP contribution >= 0.6 is 11.6 Å². The molecule has 7 heteroatoms. The van der Waals surface area contributed by atoms with Crippen molar-refractivity contribution in [3.8, 4) is 22.8 Å². The number of nitrogens with one attached hydrogen (secondary N) is 1. The number of nitrogens with zero attached hydrogens (tertiary/aromatic N) is 2. The van der Waals surface area contributed by atoms with Crippen molar-refractivity contribution in [2.75, 3.05) is 19.5 Å². The number of hydrogen-bond acceptors (Lipinski definition) is 4. The summed E-state index contributed by atoms with van der Waals surface area (Å²) in [4.78, 5) is 12.8. The average molecular weight is 384 g/mol. The first-order valence-corrected chi connectivity index (χ1v) is 8.78. The predicted molar refractivity (Wildman–Crippen MR) is 104 cm³/mol. The van der Waals surface area contributed by atoms with Gasteiger partial charge < -0.3 is 14.8 Å². The third-order valence-corrected chi connectivity index (χ3v) is 5.04. The summed E-state index contributed by atoms with van der Waals surface area (Å²) in [6.07, 6.45) is 0.601. The van der Waals surface area contributed by atoms with Crippen LogP contribution in [0.2, 0.25) is 5.02 Å². The number of rotatable bonds is 4. The molecule has 0 saturated carbocycles. The second-order valence-corrected chi connectivity index (χ2v) is 6.68. The van der Waals surface area contributed by atoms with E-state index in [9.17, 15) is 4.79 Å². The fraction of sp³-hybridized carbons (Fsp3) is 0.200. The minimum atomic E-state index is -0.285. The molecule has 1 aliphatic rings. The zero-order valence-electron chi connectivity index (χ0n) is 15.2. The minimum absolute atomic E-state index is 0.285. The smallest absolute Gasteiger partial charge is 0.276 e. The van der Waals surface area contributed by atoms with Crippen LogP contribution < -0.4 is 14.8 Å². The number of carbonyl (C=O) groups excluding carboxylic acids is 1. The van der Waals surface area contributed by atoms with E-state index in [1.165, 1.54) is 0 Å². The zero-order valence-corrected chi connectivity index (χ0v) is 15.9. The number of anilines is 1. The largest absolute Gasteiger partial charge is 0.493 e. The quantitative estimate of drug-likeness (QED) is 0.580. The van der Waals surface area contributed by atoms with Gasteiger partial charge in [-0.25, -0.2) is 0 Å². The van der Waals surface area contributed by atoms with Gasteiger partial charge in [0.2, 0.25) is 0 Å². The molecule has 0 saturated heterocycles. The van der Waals surface area contributed by atoms with Gasteiger partial charge in [-0.2, -0.15) is 5.10 Å². The molecule has 0 radical (unpaired) electrons. The van der Waals surface area contributed by atoms with Gasteiger partial charge in [0.25, 0.3) is 5.91 Å². The van der Waals surface area contributed by atoms with E-state index in [2.05, 4.69) is 10.4 Å². The van der Waals surface area contributed by atoms with E-state index in [4.69, 9.17) is 21.1 Å². The van der Waals surface area contributed by atoms with Crippen LogP contribution in [0.3, 0.4) is 0 Å². The maximum atomic E-state index is 12.8. The van der Waals surface area contributed by atoms with Gasteiger partial charge >= 0.3 is 0 Å². The molecule has 0 spiro atoms. The monoisotopic (exact) mass is 383 g/mol. The standard InChI is InChI=1S/C20H18ClN3O3/c1-24-19-12-10-17(27-3)16(26-2)9-11(12)8-13(19)18(23-24)20(25)22-15-7-5-4-6-14(15)21/h4-7,9-10H,8H2,1-3H3,(H,22,25). The van der Waals surface area contributed by atoms with Crippen LogP contribution in [0.4, 0.5) is 5.69 Å². The highest BCUT2D eigenvalue weighted by Crippen LogP contribution is 2.43. The van der Waals surface area contributed by atoms with Gasteiger partial charge in [0, 0.05) is 24.6 Å². The van der Waals surface area contributed by atoms with Crippen LogP contribution in [0.1, 0.15) is 21.6 Å². The minimum Gasteiger partial charge on any atom is -0.493 e. The molecule has 1 aromatic heterocycles. The molecule has 27 heavy (non-hydrogen) atoms. The molecule has 1 heterocycles. The van der Waals surface area contributed by atoms with Gasteiger partial charge in [-0.15, -0.1) is 0 Å². The second-order valence-electron chi connectivity index (χ2n) is 6.27. The Morgan fingerprint density at radius 2 is 1.89 bits per heavy atom. The zero-order chi connectivity index (χ0) is 19.1. The summed E-state index contributed by atoms with van der Waals surface area (Å²) >= 11 is 6.15. The Hall–Kier alpha value is -2.99. The van der Waals surface area contributed by atoms with Gasteiger partial charge in [0.15, 0.2) is 17.2 Å². The molecule has 0 fully saturated rings. The SMILES string of the molecule is COc1cc2c(cc1OC)-c1c(c(C(=O)Nc3ccccc3Cl)nn1C)C2. The fourth-order valence-electron chi connectivity index (χ4n) is 3.48. The van der Waals surface area contributed by atoms with Crippen LogP contribution in [0.5, 0.6) is 11.5 Å². The highest BCUT2D eigenvalue weighted by Gasteiger charge is 2.31. The number of carbonyl (C=O) groups is 1. The first-order valence-electron chi connectivity index (χ1n) is 8.40. The maximum Gasteiger partial charge on any atom is 0.276 e. The highest BCUT2D eigenvalue weighted by molar-refractivity contribution is 6.33. The fourth-order valence-corrected chi connectivity index (χ4v) is 3.66. The van der Waals surface area contributed by atoms with Crippen molar-refractivity contribution >= 4 is 23.2 Å². The predicted octanol–water partition coefficient (Wildman–Crippen LogP) is 3.91. The topological polar surface area (TPSA) is 65.4 Å². The molecule has 4 rings (SSSR count). The first-order chi connectivity index (χ1) is 13.0. The molecule has 0 aliphatic heterocycles. The molecular weight excluding hydrogens is 366 g/mol. The number of fused-ring (bicyclic) bond motifs is 3. The summed E-state index contributed by atoms with van der Waals surface area (Å²) in [7, 11) is 5.04. The van der Waals surface area contributed by atoms with Crippen molar-refractivity contribution in [2.24, 2.45) is 7.05 Å². The average Bonchev–Trinajstić information content (AvgIpc) is 3.19. The number of halogens is 1. The van der Waals surface area contributed by atoms with Crippen LogP contribution in [0.25, 0.3) is 11.3 Å². The van der Waals surface area contributed by atoms with Crippen molar-refractivity contribution in [2.45, 2.75) is 6.42 Å². The molecule has 0 atom stereocenters. The van der Waals surface area contributed by atoms with Crippen LogP contribution in [-0.2, 0) is 13.5 Å². The summed E-state index contributed by atoms with van der Waals surface area (Å²) in [5.74, 6) is 1.03. The third kappa shape index (κ3) is 2.82. The summed E-state index contributed by atoms with van der Waals surface area (Å²) in [5.41, 5.74) is 4.81. The number of aromatic nitrogens is 2. The molecule has 0 unspecified atom stereocenters. The number of hydrogen-bond donors (Lipinski definition) is 1. The van der Waals surface area contributed by atoms with E-state index in [1.807, 2.05) is 31.3 Å². The molecule has 1 aliphatic carbocycles. The van der Waals surface area contributed by atoms with E-state index < -0.39 is 0 Å². The third-order valence-electron chi connectivity index (χ3n) is 4.71. The number of ether oxygens (including phenoxy) is 2. The van der Waals surface area contributed by atoms with Crippen LogP contribution in [0.15, 0.2) is 36.4 Å². The second kappa shape index (κ2) is 6.63. The molecule has 2 aromatic carbocycles. The van der Waals surface area contributed by atoms with Crippen LogP contribution in [0, 0.1) is 0 Å². The number of benzene rings is 2. The van der Waals surface area contributed by atoms with Crippen molar-refractivity contribution in [3.05, 3.63) is 58.2 Å². The Kier molecular flexibility index (Phi) is 4.28. The van der Waals surface area contributed by atoms with Crippen molar-refractivity contribution in [3.63, 3.8) is 0 Å². The lowest BCUT2D eigenvalue weighted by Gasteiger charge is -2.11. The molecule has 3 aromatic rings. The summed E-state index contributed by atoms with van der Waals surface area (Å²) in [6, 6.07) is 11.0. The Bertz CT molecular complexity index is 1060. The van der Waals surface area contributed by atoms with Crippen molar-refractivity contribution in [1.29, 1.82) is 0 Å². The number of amides is 1. The first kappa shape index (κ1) is 17.4. The molecule has 1 N–H and O–H groups in total. The summed E-state index contributed by atoms with van der Waals surface area (Å²) < 4.78 is 12.5. The van der Waals surface area contributed by atoms with Gasteiger partial charge in [-0.3, -0.25) is 9.48 Å². The summed E-state index contributed by atoms with van der Waals surface area (Å²) in [5, 5.41) is 7.77. The van der Waals surface area contributed by atoms with E-state index in [-0.39, 0.29) is 5.91 Å². The van der Waals surface area contributed by atoms with Gasteiger partial charge in [0.1, 0.15) is 0 Å². The Balaban J connectivity index is 1.74. The van der Waals surface area contributed by atoms with Crippen LogP contribution in [-0.4, -0.2) is 29.9 Å². The van der Waals surface area contributed by atoms with Gasteiger partial charge in [-0.1, -0.05) is 23.7 Å². The van der Waals surface area contributed by atoms with Gasteiger partial charge in [-0.05, 0) is 29.8 Å².